The lowest BCUT2D eigenvalue weighted by Gasteiger charge is -2.33. The lowest BCUT2D eigenvalue weighted by Crippen LogP contribution is -2.54. The molecule has 2 aromatic heterocycles. The molecule has 1 atom stereocenters. The van der Waals surface area contributed by atoms with Crippen molar-refractivity contribution in [2.75, 3.05) is 26.2 Å². The van der Waals surface area contributed by atoms with Gasteiger partial charge in [0.15, 0.2) is 5.82 Å². The predicted octanol–water partition coefficient (Wildman–Crippen LogP) is 1.81. The van der Waals surface area contributed by atoms with E-state index in [1.54, 1.807) is 11.0 Å². The number of sulfonamides is 1. The summed E-state index contributed by atoms with van der Waals surface area (Å²) in [4.78, 5) is 33.0. The van der Waals surface area contributed by atoms with Crippen molar-refractivity contribution < 1.29 is 18.0 Å². The van der Waals surface area contributed by atoms with Crippen LogP contribution < -0.4 is 4.72 Å². The topological polar surface area (TPSA) is 113 Å². The van der Waals surface area contributed by atoms with Crippen molar-refractivity contribution >= 4 is 56.3 Å². The first-order valence-corrected chi connectivity index (χ1v) is 13.0. The molecule has 0 aliphatic carbocycles. The molecule has 1 unspecified atom stereocenters. The van der Waals surface area contributed by atoms with Crippen molar-refractivity contribution in [3.63, 3.8) is 0 Å². The molecule has 9 nitrogen and oxygen atoms in total. The summed E-state index contributed by atoms with van der Waals surface area (Å²) in [6.07, 6.45) is 2.98. The number of piperidine rings is 1. The largest absolute Gasteiger partial charge is 0.341 e. The quantitative estimate of drug-likeness (QED) is 0.662. The molecule has 4 rings (SSSR count). The molecule has 2 saturated heterocycles. The Morgan fingerprint density at radius 3 is 2.70 bits per heavy atom. The summed E-state index contributed by atoms with van der Waals surface area (Å²) in [6.45, 7) is 1.89. The van der Waals surface area contributed by atoms with Gasteiger partial charge in [-0.25, -0.2) is 13.4 Å². The van der Waals surface area contributed by atoms with Gasteiger partial charge in [0.2, 0.25) is 16.3 Å². The maximum absolute atomic E-state index is 12.8. The van der Waals surface area contributed by atoms with E-state index in [9.17, 15) is 18.0 Å². The van der Waals surface area contributed by atoms with E-state index >= 15 is 0 Å². The fraction of sp³-hybridized carbons (Fsp3) is 0.529. The van der Waals surface area contributed by atoms with Crippen LogP contribution >= 0.6 is 34.5 Å². The third-order valence-corrected chi connectivity index (χ3v) is 8.92. The molecule has 0 spiro atoms. The number of rotatable bonds is 6. The number of thiophene rings is 1. The van der Waals surface area contributed by atoms with E-state index in [1.807, 2.05) is 0 Å². The summed E-state index contributed by atoms with van der Waals surface area (Å²) < 4.78 is 32.6. The molecular weight excluding hydrogens is 470 g/mol. The molecule has 162 valence electrons. The molecule has 0 bridgehead atoms. The normalized spacial score (nSPS) is 20.2. The van der Waals surface area contributed by atoms with Gasteiger partial charge < -0.3 is 9.80 Å². The van der Waals surface area contributed by atoms with Crippen LogP contribution in [0.2, 0.25) is 4.47 Å². The third kappa shape index (κ3) is 4.67. The fourth-order valence-electron chi connectivity index (χ4n) is 3.57. The highest BCUT2D eigenvalue weighted by atomic mass is 35.5. The Morgan fingerprint density at radius 1 is 1.23 bits per heavy atom. The van der Waals surface area contributed by atoms with Crippen molar-refractivity contribution in [3.05, 3.63) is 16.6 Å². The first-order chi connectivity index (χ1) is 14.3. The smallest absolute Gasteiger partial charge is 0.250 e. The number of nitrogens with zero attached hydrogens (tertiary/aromatic N) is 4. The molecule has 1 N–H and O–H groups in total. The molecule has 13 heteroatoms. The van der Waals surface area contributed by atoms with Crippen LogP contribution in [-0.4, -0.2) is 71.6 Å². The van der Waals surface area contributed by atoms with Crippen LogP contribution in [0.1, 0.15) is 25.7 Å². The van der Waals surface area contributed by atoms with E-state index in [0.717, 1.165) is 48.8 Å². The number of hydrogen-bond donors (Lipinski definition) is 1. The van der Waals surface area contributed by atoms with Gasteiger partial charge in [0, 0.05) is 19.6 Å². The Morgan fingerprint density at radius 2 is 2.00 bits per heavy atom. The molecule has 4 heterocycles. The van der Waals surface area contributed by atoms with E-state index in [0.29, 0.717) is 30.1 Å². The summed E-state index contributed by atoms with van der Waals surface area (Å²) in [7, 11) is -3.90. The maximum atomic E-state index is 12.8. The monoisotopic (exact) mass is 489 g/mol. The average molecular weight is 490 g/mol. The van der Waals surface area contributed by atoms with Crippen molar-refractivity contribution in [1.82, 2.24) is 23.9 Å². The van der Waals surface area contributed by atoms with E-state index < -0.39 is 16.1 Å². The van der Waals surface area contributed by atoms with Gasteiger partial charge >= 0.3 is 0 Å². The van der Waals surface area contributed by atoms with Crippen molar-refractivity contribution in [2.24, 2.45) is 0 Å². The lowest BCUT2D eigenvalue weighted by atomic mass is 10.1. The zero-order chi connectivity index (χ0) is 21.3. The molecule has 2 aliphatic rings. The third-order valence-electron chi connectivity index (χ3n) is 5.08. The van der Waals surface area contributed by atoms with Crippen LogP contribution in [0.3, 0.4) is 0 Å². The summed E-state index contributed by atoms with van der Waals surface area (Å²) >= 11 is 7.83. The summed E-state index contributed by atoms with van der Waals surface area (Å²) in [5.74, 6) is -0.0689. The highest BCUT2D eigenvalue weighted by Gasteiger charge is 2.34. The first kappa shape index (κ1) is 21.6. The number of aromatic nitrogens is 2. The van der Waals surface area contributed by atoms with Crippen molar-refractivity contribution in [2.45, 2.75) is 35.9 Å². The van der Waals surface area contributed by atoms with E-state index in [2.05, 4.69) is 14.1 Å². The summed E-state index contributed by atoms with van der Waals surface area (Å²) in [5, 5.41) is 0. The van der Waals surface area contributed by atoms with Crippen LogP contribution in [0, 0.1) is 0 Å². The molecule has 0 aromatic carbocycles. The summed E-state index contributed by atoms with van der Waals surface area (Å²) in [6, 6.07) is 2.19. The number of halogens is 1. The Labute approximate surface area is 187 Å². The van der Waals surface area contributed by atoms with Crippen molar-refractivity contribution in [3.8, 4) is 10.7 Å². The minimum Gasteiger partial charge on any atom is -0.341 e. The number of carbonyl (C=O) groups is 2. The van der Waals surface area contributed by atoms with Gasteiger partial charge in [-0.05, 0) is 60.9 Å². The first-order valence-electron chi connectivity index (χ1n) is 9.52. The minimum atomic E-state index is -3.90. The second kappa shape index (κ2) is 8.87. The Kier molecular flexibility index (Phi) is 6.39. The van der Waals surface area contributed by atoms with Crippen LogP contribution in [-0.2, 0) is 19.6 Å². The van der Waals surface area contributed by atoms with Crippen LogP contribution in [0.15, 0.2) is 16.3 Å². The van der Waals surface area contributed by atoms with E-state index in [4.69, 9.17) is 11.6 Å². The molecule has 30 heavy (non-hydrogen) atoms. The van der Waals surface area contributed by atoms with Gasteiger partial charge in [-0.1, -0.05) is 0 Å². The standard InChI is InChI=1S/C17H20ClN5O4S3/c18-17-19-15(20-29-17)12-5-6-14(28-12)30(26,27)21-11-4-3-9-23(16(11)25)10-13(24)22-7-1-2-8-22/h5-6,11,21H,1-4,7-10H2. The van der Waals surface area contributed by atoms with Crippen LogP contribution in [0.4, 0.5) is 0 Å². The Hall–Kier alpha value is -1.60. The minimum absolute atomic E-state index is 0.00351. The average Bonchev–Trinajstić information content (AvgIpc) is 3.45. The molecule has 2 fully saturated rings. The van der Waals surface area contributed by atoms with Gasteiger partial charge in [0.25, 0.3) is 10.0 Å². The van der Waals surface area contributed by atoms with Gasteiger partial charge in [-0.2, -0.15) is 9.10 Å². The highest BCUT2D eigenvalue weighted by Crippen LogP contribution is 2.31. The number of carbonyl (C=O) groups excluding carboxylic acids is 2. The van der Waals surface area contributed by atoms with E-state index in [-0.39, 0.29) is 27.0 Å². The molecule has 2 aliphatic heterocycles. The van der Waals surface area contributed by atoms with Crippen LogP contribution in [0.5, 0.6) is 0 Å². The summed E-state index contributed by atoms with van der Waals surface area (Å²) in [5.41, 5.74) is 0. The van der Waals surface area contributed by atoms with Crippen molar-refractivity contribution in [1.29, 1.82) is 0 Å². The maximum Gasteiger partial charge on any atom is 0.250 e. The Bertz CT molecular complexity index is 1050. The predicted molar refractivity (Wildman–Crippen MR) is 114 cm³/mol. The number of likely N-dealkylation sites (tertiary alicyclic amines) is 2. The van der Waals surface area contributed by atoms with E-state index in [1.165, 1.54) is 11.0 Å². The second-order valence-corrected chi connectivity index (χ2v) is 11.5. The zero-order valence-electron chi connectivity index (χ0n) is 15.9. The Balaban J connectivity index is 1.42. The molecular formula is C17H20ClN5O4S3. The molecule has 0 saturated carbocycles. The van der Waals surface area contributed by atoms with Gasteiger partial charge in [0.05, 0.1) is 11.4 Å². The lowest BCUT2D eigenvalue weighted by molar-refractivity contribution is -0.142. The highest BCUT2D eigenvalue weighted by molar-refractivity contribution is 7.91. The molecule has 2 aromatic rings. The number of nitrogens with one attached hydrogen (secondary N) is 1. The number of hydrogen-bond acceptors (Lipinski definition) is 8. The SMILES string of the molecule is O=C(CN1CCCC(NS(=O)(=O)c2ccc(-c3nsc(Cl)n3)s2)C1=O)N1CCCC1. The van der Waals surface area contributed by atoms with Gasteiger partial charge in [0.1, 0.15) is 10.3 Å². The van der Waals surface area contributed by atoms with Gasteiger partial charge in [-0.15, -0.1) is 11.3 Å². The number of amides is 2. The molecule has 0 radical (unpaired) electrons. The fourth-order valence-corrected chi connectivity index (χ4v) is 6.72. The van der Waals surface area contributed by atoms with Gasteiger partial charge in [-0.3, -0.25) is 9.59 Å². The van der Waals surface area contributed by atoms with Crippen LogP contribution in [0.25, 0.3) is 10.7 Å². The zero-order valence-corrected chi connectivity index (χ0v) is 19.1. The molecule has 2 amide bonds. The second-order valence-electron chi connectivity index (χ2n) is 7.15.